The van der Waals surface area contributed by atoms with Gasteiger partial charge in [-0.05, 0) is 31.1 Å². The Morgan fingerprint density at radius 1 is 1.55 bits per heavy atom. The molecule has 2 fully saturated rings. The average molecular weight is 278 g/mol. The van der Waals surface area contributed by atoms with Crippen LogP contribution >= 0.6 is 0 Å². The number of carbonyl (C=O) groups excluding carboxylic acids is 1. The lowest BCUT2D eigenvalue weighted by Gasteiger charge is -2.26. The number of amides is 1. The summed E-state index contributed by atoms with van der Waals surface area (Å²) in [6.07, 6.45) is 6.95. The van der Waals surface area contributed by atoms with Gasteiger partial charge >= 0.3 is 0 Å². The van der Waals surface area contributed by atoms with Crippen LogP contribution in [0.4, 0.5) is 5.69 Å². The highest BCUT2D eigenvalue weighted by Crippen LogP contribution is 2.47. The van der Waals surface area contributed by atoms with Crippen molar-refractivity contribution in [1.82, 2.24) is 9.78 Å². The molecule has 6 nitrogen and oxygen atoms in total. The number of aromatic nitrogens is 2. The van der Waals surface area contributed by atoms with Crippen LogP contribution in [0.15, 0.2) is 12.4 Å². The Bertz CT molecular complexity index is 485. The molecule has 6 heteroatoms. The number of hydrogen-bond donors (Lipinski definition) is 2. The van der Waals surface area contributed by atoms with Crippen molar-refractivity contribution in [2.45, 2.75) is 31.8 Å². The van der Waals surface area contributed by atoms with Crippen LogP contribution in [-0.4, -0.2) is 35.4 Å². The summed E-state index contributed by atoms with van der Waals surface area (Å²) in [6.45, 7) is 1.28. The number of nitrogens with one attached hydrogen (secondary N) is 1. The van der Waals surface area contributed by atoms with Gasteiger partial charge in [0.25, 0.3) is 0 Å². The van der Waals surface area contributed by atoms with Gasteiger partial charge < -0.3 is 15.8 Å². The molecule has 20 heavy (non-hydrogen) atoms. The van der Waals surface area contributed by atoms with Crippen molar-refractivity contribution in [1.29, 1.82) is 0 Å². The molecule has 1 aromatic heterocycles. The molecule has 0 saturated heterocycles. The monoisotopic (exact) mass is 278 g/mol. The lowest BCUT2D eigenvalue weighted by molar-refractivity contribution is -0.121. The number of anilines is 1. The highest BCUT2D eigenvalue weighted by molar-refractivity contribution is 5.93. The maximum absolute atomic E-state index is 12.4. The lowest BCUT2D eigenvalue weighted by Crippen LogP contribution is -2.42. The topological polar surface area (TPSA) is 82.2 Å². The maximum atomic E-state index is 12.4. The molecule has 3 rings (SSSR count). The van der Waals surface area contributed by atoms with Crippen LogP contribution in [0.5, 0.6) is 0 Å². The Hall–Kier alpha value is -1.40. The second kappa shape index (κ2) is 5.54. The summed E-state index contributed by atoms with van der Waals surface area (Å²) in [4.78, 5) is 12.4. The summed E-state index contributed by atoms with van der Waals surface area (Å²) in [5, 5.41) is 7.14. The normalized spacial score (nSPS) is 31.7. The summed E-state index contributed by atoms with van der Waals surface area (Å²) >= 11 is 0. The number of nitrogens with zero attached hydrogens (tertiary/aromatic N) is 2. The molecular formula is C14H22N4O2. The number of hydrogen-bond acceptors (Lipinski definition) is 4. The fourth-order valence-electron chi connectivity index (χ4n) is 3.69. The highest BCUT2D eigenvalue weighted by atomic mass is 16.5. The zero-order valence-electron chi connectivity index (χ0n) is 11.8. The van der Waals surface area contributed by atoms with Crippen molar-refractivity contribution in [2.75, 3.05) is 19.0 Å². The standard InChI is InChI=1S/C14H22N4O2/c1-20-5-4-18-8-11(7-16-18)17-14(19)12-9-2-3-10(6-9)13(12)15/h7-10,12-13H,2-6,15H2,1H3,(H,17,19). The summed E-state index contributed by atoms with van der Waals surface area (Å²) in [6, 6.07) is 0.0253. The van der Waals surface area contributed by atoms with E-state index in [1.54, 1.807) is 18.0 Å². The lowest BCUT2D eigenvalue weighted by atomic mass is 9.84. The molecule has 2 aliphatic carbocycles. The molecule has 2 aliphatic rings. The third-order valence-corrected chi connectivity index (χ3v) is 4.71. The second-order valence-electron chi connectivity index (χ2n) is 5.91. The van der Waals surface area contributed by atoms with E-state index in [-0.39, 0.29) is 17.9 Å². The van der Waals surface area contributed by atoms with Gasteiger partial charge in [0.2, 0.25) is 5.91 Å². The number of nitrogens with two attached hydrogens (primary N) is 1. The predicted octanol–water partition coefficient (Wildman–Crippen LogP) is 0.841. The molecule has 2 saturated carbocycles. The quantitative estimate of drug-likeness (QED) is 0.836. The fourth-order valence-corrected chi connectivity index (χ4v) is 3.69. The van der Waals surface area contributed by atoms with E-state index in [1.807, 2.05) is 6.20 Å². The molecule has 1 amide bonds. The van der Waals surface area contributed by atoms with E-state index >= 15 is 0 Å². The molecule has 4 atom stereocenters. The Balaban J connectivity index is 1.60. The number of fused-ring (bicyclic) bond motifs is 2. The van der Waals surface area contributed by atoms with Gasteiger partial charge in [0.1, 0.15) is 0 Å². The summed E-state index contributed by atoms with van der Waals surface area (Å²) in [7, 11) is 1.66. The first kappa shape index (κ1) is 13.6. The van der Waals surface area contributed by atoms with Crippen molar-refractivity contribution in [3.05, 3.63) is 12.4 Å². The zero-order valence-corrected chi connectivity index (χ0v) is 11.8. The Morgan fingerprint density at radius 2 is 2.35 bits per heavy atom. The van der Waals surface area contributed by atoms with Crippen molar-refractivity contribution in [2.24, 2.45) is 23.5 Å². The van der Waals surface area contributed by atoms with E-state index in [0.29, 0.717) is 25.0 Å². The zero-order chi connectivity index (χ0) is 14.1. The Kier molecular flexibility index (Phi) is 3.76. The first-order valence-electron chi connectivity index (χ1n) is 7.27. The number of rotatable bonds is 5. The fraction of sp³-hybridized carbons (Fsp3) is 0.714. The summed E-state index contributed by atoms with van der Waals surface area (Å²) in [5.74, 6) is 1.03. The van der Waals surface area contributed by atoms with Gasteiger partial charge in [-0.2, -0.15) is 5.10 Å². The van der Waals surface area contributed by atoms with E-state index in [2.05, 4.69) is 10.4 Å². The van der Waals surface area contributed by atoms with Gasteiger partial charge in [0, 0.05) is 19.3 Å². The molecule has 2 bridgehead atoms. The van der Waals surface area contributed by atoms with Gasteiger partial charge in [0.15, 0.2) is 0 Å². The molecule has 0 aromatic carbocycles. The van der Waals surface area contributed by atoms with Crippen LogP contribution in [0.1, 0.15) is 19.3 Å². The van der Waals surface area contributed by atoms with Crippen molar-refractivity contribution in [3.63, 3.8) is 0 Å². The molecule has 1 aromatic rings. The minimum absolute atomic E-state index is 0.0253. The van der Waals surface area contributed by atoms with E-state index < -0.39 is 0 Å². The maximum Gasteiger partial charge on any atom is 0.229 e. The van der Waals surface area contributed by atoms with Crippen LogP contribution in [0.2, 0.25) is 0 Å². The largest absolute Gasteiger partial charge is 0.383 e. The smallest absolute Gasteiger partial charge is 0.229 e. The first-order valence-corrected chi connectivity index (χ1v) is 7.27. The molecule has 3 N–H and O–H groups in total. The third-order valence-electron chi connectivity index (χ3n) is 4.71. The number of carbonyl (C=O) groups is 1. The van der Waals surface area contributed by atoms with Crippen molar-refractivity contribution < 1.29 is 9.53 Å². The molecule has 110 valence electrons. The predicted molar refractivity (Wildman–Crippen MR) is 75.0 cm³/mol. The molecule has 1 heterocycles. The van der Waals surface area contributed by atoms with Crippen molar-refractivity contribution in [3.8, 4) is 0 Å². The van der Waals surface area contributed by atoms with Gasteiger partial charge in [0.05, 0.1) is 31.0 Å². The minimum Gasteiger partial charge on any atom is -0.383 e. The van der Waals surface area contributed by atoms with E-state index in [4.69, 9.17) is 10.5 Å². The van der Waals surface area contributed by atoms with Crippen LogP contribution in [-0.2, 0) is 16.1 Å². The van der Waals surface area contributed by atoms with Crippen LogP contribution in [0.3, 0.4) is 0 Å². The minimum atomic E-state index is -0.0314. The average Bonchev–Trinajstić information content (AvgIpc) is 3.12. The van der Waals surface area contributed by atoms with E-state index in [1.165, 1.54) is 6.42 Å². The van der Waals surface area contributed by atoms with Crippen LogP contribution in [0, 0.1) is 17.8 Å². The Morgan fingerprint density at radius 3 is 3.05 bits per heavy atom. The second-order valence-corrected chi connectivity index (χ2v) is 5.91. The number of ether oxygens (including phenoxy) is 1. The van der Waals surface area contributed by atoms with E-state index in [0.717, 1.165) is 18.5 Å². The van der Waals surface area contributed by atoms with Crippen LogP contribution in [0.25, 0.3) is 0 Å². The third kappa shape index (κ3) is 2.45. The SMILES string of the molecule is COCCn1cc(NC(=O)C2C3CCC(C3)C2N)cn1. The molecule has 4 unspecified atom stereocenters. The number of methoxy groups -OCH3 is 1. The molecule has 0 radical (unpaired) electrons. The highest BCUT2D eigenvalue weighted by Gasteiger charge is 2.49. The van der Waals surface area contributed by atoms with Crippen molar-refractivity contribution >= 4 is 11.6 Å². The molecular weight excluding hydrogens is 256 g/mol. The van der Waals surface area contributed by atoms with Gasteiger partial charge in [-0.3, -0.25) is 9.48 Å². The van der Waals surface area contributed by atoms with Gasteiger partial charge in [-0.15, -0.1) is 0 Å². The summed E-state index contributed by atoms with van der Waals surface area (Å²) in [5.41, 5.74) is 6.93. The first-order chi connectivity index (χ1) is 9.69. The molecule has 0 aliphatic heterocycles. The van der Waals surface area contributed by atoms with Gasteiger partial charge in [-0.1, -0.05) is 0 Å². The molecule has 0 spiro atoms. The van der Waals surface area contributed by atoms with E-state index in [9.17, 15) is 4.79 Å². The van der Waals surface area contributed by atoms with Gasteiger partial charge in [-0.25, -0.2) is 0 Å². The summed E-state index contributed by atoms with van der Waals surface area (Å²) < 4.78 is 6.76. The Labute approximate surface area is 118 Å². The van der Waals surface area contributed by atoms with Crippen LogP contribution < -0.4 is 11.1 Å².